The van der Waals surface area contributed by atoms with Gasteiger partial charge in [0.1, 0.15) is 0 Å². The molecule has 0 unspecified atom stereocenters. The second-order valence-electron chi connectivity index (χ2n) is 7.76. The number of hydrogen-bond acceptors (Lipinski definition) is 0. The van der Waals surface area contributed by atoms with E-state index in [0.29, 0.717) is 11.1 Å². The summed E-state index contributed by atoms with van der Waals surface area (Å²) in [5.41, 5.74) is 2.87. The van der Waals surface area contributed by atoms with E-state index in [4.69, 9.17) is 0 Å². The molecule has 0 nitrogen and oxygen atoms in total. The molecule has 2 heteroatoms. The molecule has 0 radical (unpaired) electrons. The van der Waals surface area contributed by atoms with Gasteiger partial charge < -0.3 is 0 Å². The van der Waals surface area contributed by atoms with Gasteiger partial charge in [0.2, 0.25) is 0 Å². The van der Waals surface area contributed by atoms with Gasteiger partial charge in [-0.15, -0.1) is 0 Å². The molecule has 144 valence electrons. The van der Waals surface area contributed by atoms with Crippen LogP contribution in [0.5, 0.6) is 0 Å². The first kappa shape index (κ1) is 19.8. The first-order valence-corrected chi connectivity index (χ1v) is 10.3. The van der Waals surface area contributed by atoms with E-state index in [2.05, 4.69) is 13.0 Å². The Bertz CT molecular complexity index is 766. The van der Waals surface area contributed by atoms with Crippen molar-refractivity contribution in [2.24, 2.45) is 5.92 Å². The van der Waals surface area contributed by atoms with Gasteiger partial charge in [0.05, 0.1) is 0 Å². The standard InChI is InChI=1S/C25H30F2/c1-3-5-6-7-19-10-14-21(15-11-19)23-17-16-22(24(26)25(23)27)20-12-8-18(4-2)9-13-20/h3,5,10-11,14-18,20H,4,6-9,12-13H2,1-2H3/b5-3+. The van der Waals surface area contributed by atoms with Crippen molar-refractivity contribution in [1.29, 1.82) is 0 Å². The zero-order chi connectivity index (χ0) is 19.2. The third-order valence-electron chi connectivity index (χ3n) is 6.08. The maximum Gasteiger partial charge on any atom is 0.166 e. The van der Waals surface area contributed by atoms with E-state index in [1.807, 2.05) is 43.3 Å². The predicted octanol–water partition coefficient (Wildman–Crippen LogP) is 7.82. The van der Waals surface area contributed by atoms with Crippen LogP contribution in [0.25, 0.3) is 11.1 Å². The van der Waals surface area contributed by atoms with Crippen LogP contribution >= 0.6 is 0 Å². The molecular weight excluding hydrogens is 338 g/mol. The molecule has 3 rings (SSSR count). The Labute approximate surface area is 162 Å². The molecule has 0 spiro atoms. The molecule has 0 atom stereocenters. The molecule has 2 aromatic rings. The molecule has 0 saturated heterocycles. The van der Waals surface area contributed by atoms with E-state index in [1.54, 1.807) is 6.07 Å². The van der Waals surface area contributed by atoms with Crippen LogP contribution in [0, 0.1) is 17.6 Å². The van der Waals surface area contributed by atoms with E-state index in [1.165, 1.54) is 12.0 Å². The van der Waals surface area contributed by atoms with Crippen LogP contribution in [0.2, 0.25) is 0 Å². The largest absolute Gasteiger partial charge is 0.203 e. The van der Waals surface area contributed by atoms with Gasteiger partial charge >= 0.3 is 0 Å². The number of benzene rings is 2. The zero-order valence-electron chi connectivity index (χ0n) is 16.5. The Morgan fingerprint density at radius 2 is 1.63 bits per heavy atom. The Hall–Kier alpha value is -1.96. The predicted molar refractivity (Wildman–Crippen MR) is 110 cm³/mol. The quantitative estimate of drug-likeness (QED) is 0.456. The zero-order valence-corrected chi connectivity index (χ0v) is 16.5. The van der Waals surface area contributed by atoms with Gasteiger partial charge in [-0.05, 0) is 74.0 Å². The number of allylic oxidation sites excluding steroid dienone is 2. The molecule has 1 aliphatic carbocycles. The summed E-state index contributed by atoms with van der Waals surface area (Å²) >= 11 is 0. The SMILES string of the molecule is C/C=C/CCc1ccc(-c2ccc(C3CCC(CC)CC3)c(F)c2F)cc1. The lowest BCUT2D eigenvalue weighted by Gasteiger charge is -2.28. The lowest BCUT2D eigenvalue weighted by molar-refractivity contribution is 0.312. The van der Waals surface area contributed by atoms with Crippen molar-refractivity contribution in [1.82, 2.24) is 0 Å². The summed E-state index contributed by atoms with van der Waals surface area (Å²) in [4.78, 5) is 0. The van der Waals surface area contributed by atoms with Crippen LogP contribution in [0.3, 0.4) is 0 Å². The first-order valence-electron chi connectivity index (χ1n) is 10.3. The minimum absolute atomic E-state index is 0.158. The smallest absolute Gasteiger partial charge is 0.166 e. The average Bonchev–Trinajstić information content (AvgIpc) is 2.71. The molecule has 0 N–H and O–H groups in total. The summed E-state index contributed by atoms with van der Waals surface area (Å²) in [7, 11) is 0. The second-order valence-corrected chi connectivity index (χ2v) is 7.76. The van der Waals surface area contributed by atoms with E-state index < -0.39 is 11.6 Å². The number of halogens is 2. The Balaban J connectivity index is 1.77. The monoisotopic (exact) mass is 368 g/mol. The van der Waals surface area contributed by atoms with Crippen LogP contribution in [-0.2, 0) is 6.42 Å². The summed E-state index contributed by atoms with van der Waals surface area (Å²) in [5.74, 6) is -0.443. The van der Waals surface area contributed by atoms with Gasteiger partial charge in [-0.2, -0.15) is 0 Å². The van der Waals surface area contributed by atoms with Crippen molar-refractivity contribution in [3.05, 3.63) is 71.3 Å². The van der Waals surface area contributed by atoms with Crippen molar-refractivity contribution in [3.63, 3.8) is 0 Å². The van der Waals surface area contributed by atoms with Gasteiger partial charge in [0, 0.05) is 5.56 Å². The van der Waals surface area contributed by atoms with Crippen LogP contribution in [-0.4, -0.2) is 0 Å². The van der Waals surface area contributed by atoms with Crippen LogP contribution in [0.15, 0.2) is 48.6 Å². The fraction of sp³-hybridized carbons (Fsp3) is 0.440. The number of rotatable bonds is 6. The maximum atomic E-state index is 14.8. The van der Waals surface area contributed by atoms with Gasteiger partial charge in [0.25, 0.3) is 0 Å². The molecule has 27 heavy (non-hydrogen) atoms. The van der Waals surface area contributed by atoms with Crippen molar-refractivity contribution in [2.45, 2.75) is 64.7 Å². The normalized spacial score (nSPS) is 20.3. The fourth-order valence-electron chi connectivity index (χ4n) is 4.25. The Morgan fingerprint density at radius 3 is 2.26 bits per heavy atom. The molecular formula is C25H30F2. The first-order chi connectivity index (χ1) is 13.1. The molecule has 1 aliphatic rings. The molecule has 1 fully saturated rings. The lowest BCUT2D eigenvalue weighted by Crippen LogP contribution is -2.14. The highest BCUT2D eigenvalue weighted by molar-refractivity contribution is 5.65. The molecule has 0 aromatic heterocycles. The van der Waals surface area contributed by atoms with Crippen molar-refractivity contribution in [3.8, 4) is 11.1 Å². The van der Waals surface area contributed by atoms with Crippen LogP contribution < -0.4 is 0 Å². The van der Waals surface area contributed by atoms with Crippen LogP contribution in [0.1, 0.15) is 69.4 Å². The minimum Gasteiger partial charge on any atom is -0.203 e. The second kappa shape index (κ2) is 9.30. The molecule has 0 heterocycles. The van der Waals surface area contributed by atoms with E-state index >= 15 is 0 Å². The average molecular weight is 369 g/mol. The van der Waals surface area contributed by atoms with Gasteiger partial charge in [-0.1, -0.05) is 61.9 Å². The Morgan fingerprint density at radius 1 is 0.926 bits per heavy atom. The van der Waals surface area contributed by atoms with Crippen molar-refractivity contribution in [2.75, 3.05) is 0 Å². The summed E-state index contributed by atoms with van der Waals surface area (Å²) in [6.07, 6.45) is 11.5. The molecule has 1 saturated carbocycles. The topological polar surface area (TPSA) is 0 Å². The van der Waals surface area contributed by atoms with Gasteiger partial charge in [-0.3, -0.25) is 0 Å². The number of hydrogen-bond donors (Lipinski definition) is 0. The van der Waals surface area contributed by atoms with Crippen molar-refractivity contribution < 1.29 is 8.78 Å². The van der Waals surface area contributed by atoms with Crippen molar-refractivity contribution >= 4 is 0 Å². The summed E-state index contributed by atoms with van der Waals surface area (Å²) < 4.78 is 29.6. The van der Waals surface area contributed by atoms with E-state index in [0.717, 1.165) is 50.0 Å². The van der Waals surface area contributed by atoms with E-state index in [9.17, 15) is 8.78 Å². The third-order valence-corrected chi connectivity index (χ3v) is 6.08. The van der Waals surface area contributed by atoms with E-state index in [-0.39, 0.29) is 5.92 Å². The van der Waals surface area contributed by atoms with Gasteiger partial charge in [0.15, 0.2) is 11.6 Å². The van der Waals surface area contributed by atoms with Crippen LogP contribution in [0.4, 0.5) is 8.78 Å². The molecule has 0 bridgehead atoms. The molecule has 2 aromatic carbocycles. The fourth-order valence-corrected chi connectivity index (χ4v) is 4.25. The molecule has 0 aliphatic heterocycles. The highest BCUT2D eigenvalue weighted by Gasteiger charge is 2.25. The minimum atomic E-state index is -0.702. The highest BCUT2D eigenvalue weighted by Crippen LogP contribution is 2.39. The summed E-state index contributed by atoms with van der Waals surface area (Å²) in [5, 5.41) is 0. The maximum absolute atomic E-state index is 14.8. The summed E-state index contributed by atoms with van der Waals surface area (Å²) in [6, 6.07) is 11.4. The third kappa shape index (κ3) is 4.66. The van der Waals surface area contributed by atoms with Gasteiger partial charge in [-0.25, -0.2) is 8.78 Å². The highest BCUT2D eigenvalue weighted by atomic mass is 19.2. The number of aryl methyl sites for hydroxylation is 1. The Kier molecular flexibility index (Phi) is 6.82. The lowest BCUT2D eigenvalue weighted by atomic mass is 9.77. The summed E-state index contributed by atoms with van der Waals surface area (Å²) in [6.45, 7) is 4.23. The molecule has 0 amide bonds.